The first-order chi connectivity index (χ1) is 24.9. The molecule has 0 radical (unpaired) electrons. The van der Waals surface area contributed by atoms with Crippen LogP contribution in [0.5, 0.6) is 23.3 Å². The molecule has 2 heterocycles. The Bertz CT molecular complexity index is 1950. The van der Waals surface area contributed by atoms with Crippen LogP contribution in [0.1, 0.15) is 48.7 Å². The molecule has 16 heteroatoms. The summed E-state index contributed by atoms with van der Waals surface area (Å²) in [6.07, 6.45) is 3.80. The number of halogens is 2. The fourth-order valence-electron chi connectivity index (χ4n) is 4.44. The van der Waals surface area contributed by atoms with Gasteiger partial charge in [-0.3, -0.25) is 4.79 Å². The maximum absolute atomic E-state index is 14.1. The zero-order valence-corrected chi connectivity index (χ0v) is 31.6. The molecular formula is C36H36Cl2N6O7S. The maximum atomic E-state index is 14.1. The summed E-state index contributed by atoms with van der Waals surface area (Å²) in [5.74, 6) is 0.199. The molecule has 0 spiro atoms. The third-order valence-electron chi connectivity index (χ3n) is 7.96. The number of benzene rings is 3. The summed E-state index contributed by atoms with van der Waals surface area (Å²) in [6, 6.07) is 17.7. The number of carbonyl (C=O) groups excluding carboxylic acids is 2. The Labute approximate surface area is 314 Å². The summed E-state index contributed by atoms with van der Waals surface area (Å²) < 4.78 is 22.8. The van der Waals surface area contributed by atoms with Crippen molar-refractivity contribution in [2.75, 3.05) is 25.8 Å². The number of aromatic nitrogens is 5. The summed E-state index contributed by atoms with van der Waals surface area (Å²) in [6.45, 7) is 5.59. The van der Waals surface area contributed by atoms with Gasteiger partial charge in [0.1, 0.15) is 30.4 Å². The van der Waals surface area contributed by atoms with Crippen molar-refractivity contribution in [3.05, 3.63) is 93.6 Å². The highest BCUT2D eigenvalue weighted by Gasteiger charge is 2.29. The molecule has 0 bridgehead atoms. The number of rotatable bonds is 15. The van der Waals surface area contributed by atoms with Gasteiger partial charge in [0.05, 0.1) is 41.6 Å². The molecule has 0 saturated heterocycles. The van der Waals surface area contributed by atoms with Crippen molar-refractivity contribution in [2.45, 2.75) is 45.6 Å². The molecule has 0 atom stereocenters. The summed E-state index contributed by atoms with van der Waals surface area (Å²) in [5.41, 5.74) is 1.73. The minimum atomic E-state index is -0.708. The third kappa shape index (κ3) is 9.24. The van der Waals surface area contributed by atoms with Crippen LogP contribution in [0.15, 0.2) is 72.0 Å². The van der Waals surface area contributed by atoms with Crippen molar-refractivity contribution >= 4 is 52.5 Å². The number of anilines is 1. The van der Waals surface area contributed by atoms with Gasteiger partial charge in [-0.05, 0) is 79.3 Å². The van der Waals surface area contributed by atoms with Gasteiger partial charge in [0.15, 0.2) is 10.7 Å². The SMILES string of the molecule is CCC(C)(C)C(=O)On1cc(-c2cc(Cl)c(NC(=O)c3c(OCc4ccc(OC)cc4)nc(SC)nc3OCc3ccc(OC)cc3)c(Cl)c2)nn1. The van der Waals surface area contributed by atoms with Crippen LogP contribution < -0.4 is 29.1 Å². The van der Waals surface area contributed by atoms with Crippen molar-refractivity contribution < 1.29 is 33.4 Å². The zero-order chi connectivity index (χ0) is 37.4. The van der Waals surface area contributed by atoms with Gasteiger partial charge in [-0.1, -0.05) is 71.0 Å². The van der Waals surface area contributed by atoms with Crippen molar-refractivity contribution in [1.29, 1.82) is 0 Å². The second-order valence-corrected chi connectivity index (χ2v) is 13.4. The molecule has 0 fully saturated rings. The Morgan fingerprint density at radius 3 is 1.85 bits per heavy atom. The molecule has 1 amide bonds. The normalized spacial score (nSPS) is 11.2. The van der Waals surface area contributed by atoms with E-state index in [4.69, 9.17) is 47.0 Å². The molecule has 272 valence electrons. The Hall–Kier alpha value is -5.05. The fourth-order valence-corrected chi connectivity index (χ4v) is 5.37. The van der Waals surface area contributed by atoms with Gasteiger partial charge in [-0.15, -0.1) is 5.10 Å². The van der Waals surface area contributed by atoms with Crippen LogP contribution in [-0.4, -0.2) is 57.5 Å². The molecule has 0 saturated carbocycles. The van der Waals surface area contributed by atoms with Gasteiger partial charge >= 0.3 is 5.97 Å². The van der Waals surface area contributed by atoms with E-state index >= 15 is 0 Å². The van der Waals surface area contributed by atoms with Gasteiger partial charge in [-0.25, -0.2) is 4.79 Å². The van der Waals surface area contributed by atoms with E-state index in [1.165, 1.54) is 18.0 Å². The van der Waals surface area contributed by atoms with Crippen LogP contribution >= 0.6 is 35.0 Å². The molecule has 1 N–H and O–H groups in total. The van der Waals surface area contributed by atoms with E-state index in [-0.39, 0.29) is 46.3 Å². The topological polar surface area (TPSA) is 149 Å². The predicted molar refractivity (Wildman–Crippen MR) is 198 cm³/mol. The third-order valence-corrected chi connectivity index (χ3v) is 9.11. The number of thioether (sulfide) groups is 1. The molecule has 0 unspecified atom stereocenters. The summed E-state index contributed by atoms with van der Waals surface area (Å²) in [5, 5.41) is 11.3. The number of ether oxygens (including phenoxy) is 4. The average molecular weight is 768 g/mol. The van der Waals surface area contributed by atoms with Crippen LogP contribution in [0.2, 0.25) is 10.0 Å². The lowest BCUT2D eigenvalue weighted by molar-refractivity contribution is -0.156. The van der Waals surface area contributed by atoms with Gasteiger partial charge < -0.3 is 29.1 Å². The van der Waals surface area contributed by atoms with Gasteiger partial charge in [0.2, 0.25) is 11.8 Å². The number of carbonyl (C=O) groups is 2. The molecule has 0 aliphatic rings. The second-order valence-electron chi connectivity index (χ2n) is 11.9. The zero-order valence-electron chi connectivity index (χ0n) is 29.2. The second kappa shape index (κ2) is 17.0. The highest BCUT2D eigenvalue weighted by Crippen LogP contribution is 2.37. The Kier molecular flexibility index (Phi) is 12.5. The number of amides is 1. The minimum Gasteiger partial charge on any atom is -0.497 e. The number of nitrogens with one attached hydrogen (secondary N) is 1. The quantitative estimate of drug-likeness (QED) is 0.0636. The monoisotopic (exact) mass is 766 g/mol. The van der Waals surface area contributed by atoms with Crippen molar-refractivity contribution in [3.63, 3.8) is 0 Å². The van der Waals surface area contributed by atoms with E-state index in [0.717, 1.165) is 16.0 Å². The lowest BCUT2D eigenvalue weighted by atomic mass is 9.91. The lowest BCUT2D eigenvalue weighted by Crippen LogP contribution is -2.33. The first kappa shape index (κ1) is 38.2. The van der Waals surface area contributed by atoms with Gasteiger partial charge in [0, 0.05) is 5.56 Å². The highest BCUT2D eigenvalue weighted by molar-refractivity contribution is 7.98. The number of hydrogen-bond acceptors (Lipinski definition) is 12. The Morgan fingerprint density at radius 2 is 1.38 bits per heavy atom. The Balaban J connectivity index is 1.44. The van der Waals surface area contributed by atoms with Crippen LogP contribution in [-0.2, 0) is 18.0 Å². The summed E-state index contributed by atoms with van der Waals surface area (Å²) in [7, 11) is 3.17. The lowest BCUT2D eigenvalue weighted by Gasteiger charge is -2.18. The van der Waals surface area contributed by atoms with Crippen LogP contribution in [0, 0.1) is 5.41 Å². The van der Waals surface area contributed by atoms with E-state index in [0.29, 0.717) is 34.3 Å². The minimum absolute atomic E-state index is 0.0151. The van der Waals surface area contributed by atoms with Crippen molar-refractivity contribution in [3.8, 4) is 34.5 Å². The fraction of sp³-hybridized carbons (Fsp3) is 0.278. The highest BCUT2D eigenvalue weighted by atomic mass is 35.5. The largest absolute Gasteiger partial charge is 0.497 e. The molecule has 5 rings (SSSR count). The van der Waals surface area contributed by atoms with Gasteiger partial charge in [-0.2, -0.15) is 9.97 Å². The van der Waals surface area contributed by atoms with Crippen molar-refractivity contribution in [1.82, 2.24) is 25.1 Å². The van der Waals surface area contributed by atoms with Crippen LogP contribution in [0.25, 0.3) is 11.3 Å². The van der Waals surface area contributed by atoms with E-state index in [9.17, 15) is 9.59 Å². The van der Waals surface area contributed by atoms with E-state index in [1.807, 2.05) is 31.2 Å². The Morgan fingerprint density at radius 1 is 0.865 bits per heavy atom. The smallest absolute Gasteiger partial charge is 0.340 e. The number of hydrogen-bond donors (Lipinski definition) is 1. The number of nitrogens with zero attached hydrogens (tertiary/aromatic N) is 5. The van der Waals surface area contributed by atoms with Crippen molar-refractivity contribution in [2.24, 2.45) is 5.41 Å². The van der Waals surface area contributed by atoms with Gasteiger partial charge in [0.25, 0.3) is 5.91 Å². The average Bonchev–Trinajstić information content (AvgIpc) is 3.63. The predicted octanol–water partition coefficient (Wildman–Crippen LogP) is 7.58. The molecule has 0 aliphatic heterocycles. The molecule has 13 nitrogen and oxygen atoms in total. The summed E-state index contributed by atoms with van der Waals surface area (Å²) >= 11 is 14.6. The molecule has 3 aromatic carbocycles. The molecule has 52 heavy (non-hydrogen) atoms. The maximum Gasteiger partial charge on any atom is 0.340 e. The van der Waals surface area contributed by atoms with E-state index in [2.05, 4.69) is 25.6 Å². The molecular weight excluding hydrogens is 731 g/mol. The van der Waals surface area contributed by atoms with Crippen LogP contribution in [0.3, 0.4) is 0 Å². The first-order valence-corrected chi connectivity index (χ1v) is 17.9. The summed E-state index contributed by atoms with van der Waals surface area (Å²) in [4.78, 5) is 42.0. The first-order valence-electron chi connectivity index (χ1n) is 15.9. The van der Waals surface area contributed by atoms with E-state index in [1.54, 1.807) is 70.7 Å². The molecule has 2 aromatic heterocycles. The number of methoxy groups -OCH3 is 2. The molecule has 5 aromatic rings. The van der Waals surface area contributed by atoms with Crippen LogP contribution in [0.4, 0.5) is 5.69 Å². The molecule has 0 aliphatic carbocycles. The van der Waals surface area contributed by atoms with E-state index < -0.39 is 17.3 Å². The standard InChI is InChI=1S/C36H36Cl2N6O7S/c1-7-36(2,3)34(46)51-44-18-28(42-43-44)23-16-26(37)30(27(38)17-23)39-31(45)29-32(49-19-21-8-12-24(47-4)13-9-21)40-35(52-6)41-33(29)50-20-22-10-14-25(48-5)15-11-22/h8-18H,7,19-20H2,1-6H3,(H,39,45).